The van der Waals surface area contributed by atoms with E-state index >= 15 is 0 Å². The van der Waals surface area contributed by atoms with Crippen LogP contribution >= 0.6 is 0 Å². The quantitative estimate of drug-likeness (QED) is 0.566. The number of amidine groups is 1. The van der Waals surface area contributed by atoms with E-state index in [1.165, 1.54) is 0 Å². The summed E-state index contributed by atoms with van der Waals surface area (Å²) in [5.41, 5.74) is 6.32. The molecule has 2 heterocycles. The fraction of sp³-hybridized carbons (Fsp3) is 0.0625. The van der Waals surface area contributed by atoms with Crippen LogP contribution in [0.2, 0.25) is 0 Å². The number of methoxy groups -OCH3 is 1. The number of furan rings is 2. The minimum absolute atomic E-state index is 0.108. The molecular weight excluding hydrogens is 268 g/mol. The van der Waals surface area contributed by atoms with Crippen LogP contribution in [-0.2, 0) is 0 Å². The van der Waals surface area contributed by atoms with E-state index in [2.05, 4.69) is 0 Å². The van der Waals surface area contributed by atoms with Gasteiger partial charge in [-0.2, -0.15) is 0 Å². The van der Waals surface area contributed by atoms with Crippen LogP contribution in [0.1, 0.15) is 5.76 Å². The van der Waals surface area contributed by atoms with Crippen LogP contribution in [0.5, 0.6) is 5.75 Å². The maximum atomic E-state index is 7.33. The minimum Gasteiger partial charge on any atom is -0.497 e. The van der Waals surface area contributed by atoms with Gasteiger partial charge in [-0.1, -0.05) is 0 Å². The average Bonchev–Trinajstić information content (AvgIpc) is 3.16. The zero-order chi connectivity index (χ0) is 14.8. The number of ether oxygens (including phenoxy) is 1. The van der Waals surface area contributed by atoms with Crippen LogP contribution in [-0.4, -0.2) is 12.9 Å². The van der Waals surface area contributed by atoms with Crippen LogP contribution in [0.15, 0.2) is 57.4 Å². The minimum atomic E-state index is -0.108. The van der Waals surface area contributed by atoms with E-state index in [-0.39, 0.29) is 5.84 Å². The zero-order valence-electron chi connectivity index (χ0n) is 11.4. The Labute approximate surface area is 121 Å². The van der Waals surface area contributed by atoms with E-state index in [1.807, 2.05) is 36.4 Å². The van der Waals surface area contributed by atoms with Crippen LogP contribution in [0.25, 0.3) is 22.8 Å². The van der Waals surface area contributed by atoms with Crippen molar-refractivity contribution in [1.29, 1.82) is 5.41 Å². The van der Waals surface area contributed by atoms with Gasteiger partial charge in [-0.3, -0.25) is 5.41 Å². The van der Waals surface area contributed by atoms with E-state index in [9.17, 15) is 0 Å². The molecule has 1 aromatic carbocycles. The topological polar surface area (TPSA) is 85.4 Å². The number of nitrogens with one attached hydrogen (secondary N) is 1. The first-order valence-corrected chi connectivity index (χ1v) is 6.36. The van der Waals surface area contributed by atoms with E-state index in [4.69, 9.17) is 24.7 Å². The zero-order valence-corrected chi connectivity index (χ0v) is 11.4. The highest BCUT2D eigenvalue weighted by atomic mass is 16.5. The second kappa shape index (κ2) is 5.20. The molecule has 0 amide bonds. The van der Waals surface area contributed by atoms with E-state index < -0.39 is 0 Å². The fourth-order valence-corrected chi connectivity index (χ4v) is 2.00. The van der Waals surface area contributed by atoms with Crippen LogP contribution < -0.4 is 10.5 Å². The number of hydrogen-bond acceptors (Lipinski definition) is 4. The van der Waals surface area contributed by atoms with E-state index in [0.29, 0.717) is 17.3 Å². The van der Waals surface area contributed by atoms with Gasteiger partial charge in [-0.15, -0.1) is 0 Å². The molecular formula is C16H14N2O3. The second-order valence-electron chi connectivity index (χ2n) is 4.47. The van der Waals surface area contributed by atoms with Gasteiger partial charge in [0.2, 0.25) is 0 Å². The number of benzene rings is 1. The molecule has 0 unspecified atom stereocenters. The van der Waals surface area contributed by atoms with Gasteiger partial charge in [0, 0.05) is 5.56 Å². The number of nitrogens with two attached hydrogens (primary N) is 1. The van der Waals surface area contributed by atoms with Crippen LogP contribution in [0.4, 0.5) is 0 Å². The Kier molecular flexibility index (Phi) is 3.23. The Balaban J connectivity index is 1.89. The van der Waals surface area contributed by atoms with Crippen LogP contribution in [0.3, 0.4) is 0 Å². The lowest BCUT2D eigenvalue weighted by Gasteiger charge is -2.00. The van der Waals surface area contributed by atoms with Crippen molar-refractivity contribution in [2.45, 2.75) is 0 Å². The summed E-state index contributed by atoms with van der Waals surface area (Å²) in [7, 11) is 1.63. The first-order valence-electron chi connectivity index (χ1n) is 6.36. The molecule has 0 saturated carbocycles. The Morgan fingerprint density at radius 1 is 0.905 bits per heavy atom. The van der Waals surface area contributed by atoms with E-state index in [1.54, 1.807) is 19.2 Å². The lowest BCUT2D eigenvalue weighted by molar-refractivity contribution is 0.415. The van der Waals surface area contributed by atoms with Gasteiger partial charge < -0.3 is 19.3 Å². The fourth-order valence-electron chi connectivity index (χ4n) is 2.00. The molecule has 3 N–H and O–H groups in total. The normalized spacial score (nSPS) is 10.5. The first kappa shape index (κ1) is 13.1. The van der Waals surface area contributed by atoms with Gasteiger partial charge in [-0.05, 0) is 48.5 Å². The molecule has 0 aliphatic heterocycles. The van der Waals surface area contributed by atoms with Gasteiger partial charge in [0.05, 0.1) is 7.11 Å². The highest BCUT2D eigenvalue weighted by molar-refractivity contribution is 5.92. The third kappa shape index (κ3) is 2.53. The number of nitrogen functional groups attached to an aromatic ring is 1. The molecule has 0 bridgehead atoms. The summed E-state index contributed by atoms with van der Waals surface area (Å²) in [5, 5.41) is 7.33. The molecule has 5 nitrogen and oxygen atoms in total. The molecule has 0 aliphatic rings. The third-order valence-corrected chi connectivity index (χ3v) is 3.09. The SMILES string of the molecule is COc1ccc(-c2ccc(-c3ccc(C(=N)N)o3)o2)cc1. The molecule has 0 atom stereocenters. The van der Waals surface area contributed by atoms with Crippen molar-refractivity contribution >= 4 is 5.84 Å². The van der Waals surface area contributed by atoms with Crippen molar-refractivity contribution in [3.05, 3.63) is 54.3 Å². The molecule has 5 heteroatoms. The maximum Gasteiger partial charge on any atom is 0.170 e. The van der Waals surface area contributed by atoms with Crippen LogP contribution in [0, 0.1) is 5.41 Å². The predicted octanol–water partition coefficient (Wildman–Crippen LogP) is 3.50. The smallest absolute Gasteiger partial charge is 0.170 e. The lowest BCUT2D eigenvalue weighted by Crippen LogP contribution is -2.09. The molecule has 0 spiro atoms. The summed E-state index contributed by atoms with van der Waals surface area (Å²) < 4.78 is 16.4. The highest BCUT2D eigenvalue weighted by Gasteiger charge is 2.11. The van der Waals surface area contributed by atoms with Gasteiger partial charge in [0.25, 0.3) is 0 Å². The maximum absolute atomic E-state index is 7.33. The standard InChI is InChI=1S/C16H14N2O3/c1-19-11-4-2-10(3-5-11)12-6-7-13(20-12)14-8-9-15(21-14)16(17)18/h2-9H,1H3,(H3,17,18). The predicted molar refractivity (Wildman–Crippen MR) is 79.4 cm³/mol. The molecule has 0 aliphatic carbocycles. The first-order chi connectivity index (χ1) is 10.2. The van der Waals surface area contributed by atoms with Crippen molar-refractivity contribution < 1.29 is 13.6 Å². The number of rotatable bonds is 4. The lowest BCUT2D eigenvalue weighted by atomic mass is 10.2. The van der Waals surface area contributed by atoms with Crippen molar-refractivity contribution in [2.75, 3.05) is 7.11 Å². The van der Waals surface area contributed by atoms with Gasteiger partial charge in [0.15, 0.2) is 23.1 Å². The molecule has 3 aromatic rings. The van der Waals surface area contributed by atoms with Crippen molar-refractivity contribution in [2.24, 2.45) is 5.73 Å². The van der Waals surface area contributed by atoms with Crippen molar-refractivity contribution in [3.63, 3.8) is 0 Å². The molecule has 2 aromatic heterocycles. The van der Waals surface area contributed by atoms with Crippen molar-refractivity contribution in [1.82, 2.24) is 0 Å². The highest BCUT2D eigenvalue weighted by Crippen LogP contribution is 2.30. The Morgan fingerprint density at radius 3 is 2.14 bits per heavy atom. The Bertz CT molecular complexity index is 769. The van der Waals surface area contributed by atoms with Gasteiger partial charge in [-0.25, -0.2) is 0 Å². The summed E-state index contributed by atoms with van der Waals surface area (Å²) in [4.78, 5) is 0. The molecule has 0 radical (unpaired) electrons. The second-order valence-corrected chi connectivity index (χ2v) is 4.47. The summed E-state index contributed by atoms with van der Waals surface area (Å²) in [6.07, 6.45) is 0. The van der Waals surface area contributed by atoms with Gasteiger partial charge >= 0.3 is 0 Å². The Morgan fingerprint density at radius 2 is 1.52 bits per heavy atom. The average molecular weight is 282 g/mol. The summed E-state index contributed by atoms with van der Waals surface area (Å²) in [6, 6.07) is 14.7. The monoisotopic (exact) mass is 282 g/mol. The van der Waals surface area contributed by atoms with Gasteiger partial charge in [0.1, 0.15) is 11.5 Å². The van der Waals surface area contributed by atoms with E-state index in [0.717, 1.165) is 17.1 Å². The summed E-state index contributed by atoms with van der Waals surface area (Å²) in [6.45, 7) is 0. The van der Waals surface area contributed by atoms with Crippen molar-refractivity contribution in [3.8, 4) is 28.6 Å². The molecule has 0 fully saturated rings. The molecule has 106 valence electrons. The third-order valence-electron chi connectivity index (χ3n) is 3.09. The number of hydrogen-bond donors (Lipinski definition) is 2. The largest absolute Gasteiger partial charge is 0.497 e. The molecule has 21 heavy (non-hydrogen) atoms. The summed E-state index contributed by atoms with van der Waals surface area (Å²) in [5.74, 6) is 2.87. The molecule has 0 saturated heterocycles. The Hall–Kier alpha value is -2.95. The molecule has 3 rings (SSSR count). The summed E-state index contributed by atoms with van der Waals surface area (Å²) >= 11 is 0.